The van der Waals surface area contributed by atoms with Crippen molar-refractivity contribution in [3.63, 3.8) is 0 Å². The monoisotopic (exact) mass is 425 g/mol. The van der Waals surface area contributed by atoms with Crippen molar-refractivity contribution in [2.75, 3.05) is 18.4 Å². The number of amides is 2. The lowest BCUT2D eigenvalue weighted by atomic mass is 9.95. The fourth-order valence-electron chi connectivity index (χ4n) is 3.70. The summed E-state index contributed by atoms with van der Waals surface area (Å²) in [6.45, 7) is 0.652. The Balaban J connectivity index is 1.37. The van der Waals surface area contributed by atoms with Gasteiger partial charge in [0.05, 0.1) is 5.56 Å². The molecule has 3 aromatic rings. The third kappa shape index (κ3) is 4.45. The molecule has 1 aromatic heterocycles. The molecule has 1 N–H and O–H groups in total. The lowest BCUT2D eigenvalue weighted by molar-refractivity contribution is -0.121. The molecule has 0 bridgehead atoms. The number of piperidine rings is 1. The Kier molecular flexibility index (Phi) is 5.75. The van der Waals surface area contributed by atoms with Gasteiger partial charge in [-0.25, -0.2) is 8.78 Å². The highest BCUT2D eigenvalue weighted by Crippen LogP contribution is 2.24. The molecule has 1 aliphatic rings. The molecule has 0 atom stereocenters. The van der Waals surface area contributed by atoms with Crippen LogP contribution < -0.4 is 5.32 Å². The average molecular weight is 425 g/mol. The minimum Gasteiger partial charge on any atom is -0.339 e. The molecule has 2 amide bonds. The Labute approximate surface area is 177 Å². The molecule has 31 heavy (non-hydrogen) atoms. The van der Waals surface area contributed by atoms with E-state index in [2.05, 4.69) is 15.5 Å². The van der Waals surface area contributed by atoms with Crippen LogP contribution in [0.4, 0.5) is 14.5 Å². The first kappa shape index (κ1) is 20.6. The molecular weight excluding hydrogens is 404 g/mol. The van der Waals surface area contributed by atoms with E-state index < -0.39 is 17.5 Å². The summed E-state index contributed by atoms with van der Waals surface area (Å²) in [5.74, 6) is -1.81. The smallest absolute Gasteiger partial charge is 0.256 e. The van der Waals surface area contributed by atoms with Gasteiger partial charge in [0.1, 0.15) is 18.0 Å². The zero-order chi connectivity index (χ0) is 22.0. The predicted molar refractivity (Wildman–Crippen MR) is 110 cm³/mol. The Morgan fingerprint density at radius 3 is 2.55 bits per heavy atom. The number of nitrogens with zero attached hydrogens (tertiary/aromatic N) is 4. The van der Waals surface area contributed by atoms with E-state index in [1.807, 2.05) is 25.2 Å². The SMILES string of the molecule is Cn1cnnc1-c1cccc(NC(=O)C2CCN(C(=O)c3ccc(F)cc3F)CC2)c1. The van der Waals surface area contributed by atoms with Gasteiger partial charge >= 0.3 is 0 Å². The highest BCUT2D eigenvalue weighted by Gasteiger charge is 2.29. The number of nitrogens with one attached hydrogen (secondary N) is 1. The zero-order valence-electron chi connectivity index (χ0n) is 16.9. The summed E-state index contributed by atoms with van der Waals surface area (Å²) in [5.41, 5.74) is 1.32. The Morgan fingerprint density at radius 2 is 1.87 bits per heavy atom. The topological polar surface area (TPSA) is 80.1 Å². The highest BCUT2D eigenvalue weighted by molar-refractivity contribution is 5.95. The maximum absolute atomic E-state index is 13.9. The van der Waals surface area contributed by atoms with Crippen LogP contribution in [0.1, 0.15) is 23.2 Å². The second kappa shape index (κ2) is 8.63. The molecule has 9 heteroatoms. The van der Waals surface area contributed by atoms with Gasteiger partial charge in [0.25, 0.3) is 5.91 Å². The molecule has 0 saturated carbocycles. The predicted octanol–water partition coefficient (Wildman–Crippen LogP) is 3.25. The summed E-state index contributed by atoms with van der Waals surface area (Å²) in [6, 6.07) is 10.3. The van der Waals surface area contributed by atoms with E-state index in [1.165, 1.54) is 4.90 Å². The van der Waals surface area contributed by atoms with Crippen molar-refractivity contribution in [3.8, 4) is 11.4 Å². The van der Waals surface area contributed by atoms with Gasteiger partial charge in [-0.2, -0.15) is 0 Å². The first-order chi connectivity index (χ1) is 14.9. The van der Waals surface area contributed by atoms with E-state index in [-0.39, 0.29) is 17.4 Å². The fraction of sp³-hybridized carbons (Fsp3) is 0.273. The van der Waals surface area contributed by atoms with Crippen molar-refractivity contribution in [2.45, 2.75) is 12.8 Å². The van der Waals surface area contributed by atoms with Crippen LogP contribution >= 0.6 is 0 Å². The van der Waals surface area contributed by atoms with Crippen molar-refractivity contribution < 1.29 is 18.4 Å². The van der Waals surface area contributed by atoms with Crippen LogP contribution in [0.15, 0.2) is 48.8 Å². The third-order valence-corrected chi connectivity index (χ3v) is 5.41. The number of anilines is 1. The first-order valence-electron chi connectivity index (χ1n) is 9.92. The van der Waals surface area contributed by atoms with Crippen LogP contribution in [0.25, 0.3) is 11.4 Å². The molecule has 1 saturated heterocycles. The van der Waals surface area contributed by atoms with Gasteiger partial charge in [-0.1, -0.05) is 12.1 Å². The van der Waals surface area contributed by atoms with Gasteiger partial charge < -0.3 is 14.8 Å². The summed E-state index contributed by atoms with van der Waals surface area (Å²) in [4.78, 5) is 26.7. The standard InChI is InChI=1S/C22H21F2N5O2/c1-28-13-25-27-20(28)15-3-2-4-17(11-15)26-21(30)14-7-9-29(10-8-14)22(31)18-6-5-16(23)12-19(18)24/h2-6,11-14H,7-10H2,1H3,(H,26,30). The number of benzene rings is 2. The molecule has 2 aromatic carbocycles. The van der Waals surface area contributed by atoms with E-state index in [0.717, 1.165) is 17.7 Å². The number of hydrogen-bond donors (Lipinski definition) is 1. The largest absolute Gasteiger partial charge is 0.339 e. The number of rotatable bonds is 4. The summed E-state index contributed by atoms with van der Waals surface area (Å²) < 4.78 is 28.8. The molecule has 0 radical (unpaired) electrons. The minimum absolute atomic E-state index is 0.129. The van der Waals surface area contributed by atoms with E-state index >= 15 is 0 Å². The Hall–Kier alpha value is -3.62. The summed E-state index contributed by atoms with van der Waals surface area (Å²) in [5, 5.41) is 10.9. The number of likely N-dealkylation sites (tertiary alicyclic amines) is 1. The Morgan fingerprint density at radius 1 is 1.10 bits per heavy atom. The van der Waals surface area contributed by atoms with Gasteiger partial charge in [-0.05, 0) is 37.1 Å². The quantitative estimate of drug-likeness (QED) is 0.696. The normalized spacial score (nSPS) is 14.5. The van der Waals surface area contributed by atoms with E-state index in [4.69, 9.17) is 0 Å². The van der Waals surface area contributed by atoms with Gasteiger partial charge in [0, 0.05) is 43.4 Å². The molecule has 160 valence electrons. The van der Waals surface area contributed by atoms with Crippen LogP contribution in [0.5, 0.6) is 0 Å². The van der Waals surface area contributed by atoms with Crippen LogP contribution in [-0.2, 0) is 11.8 Å². The van der Waals surface area contributed by atoms with Crippen LogP contribution in [0, 0.1) is 17.6 Å². The summed E-state index contributed by atoms with van der Waals surface area (Å²) in [6.07, 6.45) is 2.53. The van der Waals surface area contributed by atoms with Crippen molar-refractivity contribution >= 4 is 17.5 Å². The third-order valence-electron chi connectivity index (χ3n) is 5.41. The first-order valence-corrected chi connectivity index (χ1v) is 9.92. The van der Waals surface area contributed by atoms with Crippen LogP contribution in [0.3, 0.4) is 0 Å². The molecule has 1 fully saturated rings. The summed E-state index contributed by atoms with van der Waals surface area (Å²) >= 11 is 0. The zero-order valence-corrected chi connectivity index (χ0v) is 16.9. The minimum atomic E-state index is -0.882. The lowest BCUT2D eigenvalue weighted by Crippen LogP contribution is -2.41. The maximum atomic E-state index is 13.9. The summed E-state index contributed by atoms with van der Waals surface area (Å²) in [7, 11) is 1.84. The number of hydrogen-bond acceptors (Lipinski definition) is 4. The molecule has 4 rings (SSSR count). The van der Waals surface area contributed by atoms with Gasteiger partial charge in [0.2, 0.25) is 5.91 Å². The molecule has 0 spiro atoms. The van der Waals surface area contributed by atoms with Gasteiger partial charge in [-0.3, -0.25) is 9.59 Å². The van der Waals surface area contributed by atoms with E-state index in [0.29, 0.717) is 43.5 Å². The average Bonchev–Trinajstić information content (AvgIpc) is 3.19. The number of halogens is 2. The highest BCUT2D eigenvalue weighted by atomic mass is 19.1. The van der Waals surface area contributed by atoms with Crippen LogP contribution in [-0.4, -0.2) is 44.6 Å². The van der Waals surface area contributed by atoms with E-state index in [9.17, 15) is 18.4 Å². The molecule has 0 unspecified atom stereocenters. The lowest BCUT2D eigenvalue weighted by Gasteiger charge is -2.31. The van der Waals surface area contributed by atoms with Gasteiger partial charge in [0.15, 0.2) is 5.82 Å². The fourth-order valence-corrected chi connectivity index (χ4v) is 3.70. The molecular formula is C22H21F2N5O2. The van der Waals surface area contributed by atoms with Gasteiger partial charge in [-0.15, -0.1) is 10.2 Å². The van der Waals surface area contributed by atoms with E-state index in [1.54, 1.807) is 17.0 Å². The second-order valence-corrected chi connectivity index (χ2v) is 7.53. The molecule has 0 aliphatic carbocycles. The number of carbonyl (C=O) groups is 2. The van der Waals surface area contributed by atoms with Crippen molar-refractivity contribution in [3.05, 3.63) is 66.0 Å². The Bertz CT molecular complexity index is 1120. The number of aromatic nitrogens is 3. The van der Waals surface area contributed by atoms with Crippen LogP contribution in [0.2, 0.25) is 0 Å². The molecule has 7 nitrogen and oxygen atoms in total. The number of aryl methyl sites for hydroxylation is 1. The number of carbonyl (C=O) groups excluding carboxylic acids is 2. The van der Waals surface area contributed by atoms with Crippen molar-refractivity contribution in [1.82, 2.24) is 19.7 Å². The van der Waals surface area contributed by atoms with Crippen molar-refractivity contribution in [1.29, 1.82) is 0 Å². The van der Waals surface area contributed by atoms with Crippen molar-refractivity contribution in [2.24, 2.45) is 13.0 Å². The maximum Gasteiger partial charge on any atom is 0.256 e. The molecule has 2 heterocycles. The molecule has 1 aliphatic heterocycles. The second-order valence-electron chi connectivity index (χ2n) is 7.53.